The maximum atomic E-state index is 9.78. The number of hydrogen-bond acceptors (Lipinski definition) is 3. The summed E-state index contributed by atoms with van der Waals surface area (Å²) >= 11 is 0. The molecule has 4 nitrogen and oxygen atoms in total. The first-order chi connectivity index (χ1) is 10.3. The number of aromatic nitrogens is 2. The Kier molecular flexibility index (Phi) is 5.13. The van der Waals surface area contributed by atoms with E-state index in [0.717, 1.165) is 30.9 Å². The van der Waals surface area contributed by atoms with E-state index in [2.05, 4.69) is 27.9 Å². The van der Waals surface area contributed by atoms with Crippen LogP contribution in [0.25, 0.3) is 0 Å². The van der Waals surface area contributed by atoms with Crippen molar-refractivity contribution in [2.45, 2.75) is 38.8 Å². The van der Waals surface area contributed by atoms with Crippen molar-refractivity contribution >= 4 is 0 Å². The van der Waals surface area contributed by atoms with Crippen LogP contribution in [0.5, 0.6) is 0 Å². The predicted molar refractivity (Wildman–Crippen MR) is 83.6 cm³/mol. The second kappa shape index (κ2) is 7.05. The zero-order chi connectivity index (χ0) is 15.1. The van der Waals surface area contributed by atoms with Crippen molar-refractivity contribution in [2.24, 2.45) is 0 Å². The van der Waals surface area contributed by atoms with E-state index in [1.165, 1.54) is 0 Å². The first-order valence-electron chi connectivity index (χ1n) is 7.47. The average molecular weight is 282 g/mol. The van der Waals surface area contributed by atoms with Crippen LogP contribution in [0.15, 0.2) is 42.7 Å². The van der Waals surface area contributed by atoms with E-state index >= 15 is 0 Å². The smallest absolute Gasteiger partial charge is 0.133 e. The summed E-state index contributed by atoms with van der Waals surface area (Å²) < 4.78 is 2.13. The van der Waals surface area contributed by atoms with Gasteiger partial charge in [0.2, 0.25) is 0 Å². The molecule has 0 amide bonds. The van der Waals surface area contributed by atoms with E-state index in [0.29, 0.717) is 6.42 Å². The van der Waals surface area contributed by atoms with Crippen LogP contribution in [-0.2, 0) is 18.5 Å². The number of hydrogen-bond donors (Lipinski definition) is 1. The lowest BCUT2D eigenvalue weighted by molar-refractivity contribution is 0.379. The normalized spacial score (nSPS) is 13.6. The van der Waals surface area contributed by atoms with Crippen molar-refractivity contribution in [3.8, 4) is 6.07 Å². The fraction of sp³-hybridized carbons (Fsp3) is 0.412. The minimum atomic E-state index is -0.648. The fourth-order valence-corrected chi connectivity index (χ4v) is 2.67. The van der Waals surface area contributed by atoms with E-state index in [1.807, 2.05) is 49.6 Å². The molecule has 1 atom stereocenters. The predicted octanol–water partition coefficient (Wildman–Crippen LogP) is 2.86. The Morgan fingerprint density at radius 2 is 2.05 bits per heavy atom. The van der Waals surface area contributed by atoms with Crippen LogP contribution in [0.1, 0.15) is 31.7 Å². The molecule has 0 spiro atoms. The summed E-state index contributed by atoms with van der Waals surface area (Å²) in [6, 6.07) is 12.5. The van der Waals surface area contributed by atoms with Gasteiger partial charge in [0.1, 0.15) is 11.4 Å². The van der Waals surface area contributed by atoms with Gasteiger partial charge >= 0.3 is 0 Å². The zero-order valence-electron chi connectivity index (χ0n) is 12.7. The molecule has 1 heterocycles. The highest BCUT2D eigenvalue weighted by atomic mass is 15.1. The minimum absolute atomic E-state index is 0.648. The van der Waals surface area contributed by atoms with Crippen molar-refractivity contribution < 1.29 is 0 Å². The van der Waals surface area contributed by atoms with Gasteiger partial charge in [0.15, 0.2) is 0 Å². The van der Waals surface area contributed by atoms with Gasteiger partial charge in [-0.3, -0.25) is 5.32 Å². The van der Waals surface area contributed by atoms with Crippen LogP contribution in [-0.4, -0.2) is 16.1 Å². The first-order valence-corrected chi connectivity index (χ1v) is 7.47. The van der Waals surface area contributed by atoms with Crippen molar-refractivity contribution in [2.75, 3.05) is 6.54 Å². The zero-order valence-corrected chi connectivity index (χ0v) is 12.7. The van der Waals surface area contributed by atoms with Crippen LogP contribution >= 0.6 is 0 Å². The number of nitriles is 1. The van der Waals surface area contributed by atoms with Gasteiger partial charge in [-0.2, -0.15) is 5.26 Å². The molecule has 0 radical (unpaired) electrons. The maximum absolute atomic E-state index is 9.78. The van der Waals surface area contributed by atoms with Gasteiger partial charge in [0, 0.05) is 31.8 Å². The standard InChI is InChI=1S/C17H22N4/c1-3-16-19-11-13-21(16)12-10-17(14-18,20-4-2)15-8-6-5-7-9-15/h5-9,11,13,20H,3-4,10,12H2,1-2H3. The molecular weight excluding hydrogens is 260 g/mol. The maximum Gasteiger partial charge on any atom is 0.133 e. The van der Waals surface area contributed by atoms with Crippen LogP contribution in [0.4, 0.5) is 0 Å². The van der Waals surface area contributed by atoms with Gasteiger partial charge in [-0.05, 0) is 12.1 Å². The monoisotopic (exact) mass is 282 g/mol. The Morgan fingerprint density at radius 1 is 1.29 bits per heavy atom. The molecule has 21 heavy (non-hydrogen) atoms. The Morgan fingerprint density at radius 3 is 2.67 bits per heavy atom. The van der Waals surface area contributed by atoms with Crippen molar-refractivity contribution in [1.29, 1.82) is 5.26 Å². The van der Waals surface area contributed by atoms with Gasteiger partial charge in [0.05, 0.1) is 6.07 Å². The fourth-order valence-electron chi connectivity index (χ4n) is 2.67. The molecule has 0 aliphatic carbocycles. The lowest BCUT2D eigenvalue weighted by atomic mass is 9.88. The van der Waals surface area contributed by atoms with Gasteiger partial charge < -0.3 is 4.57 Å². The third-order valence-corrected chi connectivity index (χ3v) is 3.78. The minimum Gasteiger partial charge on any atom is -0.335 e. The largest absolute Gasteiger partial charge is 0.335 e. The van der Waals surface area contributed by atoms with Gasteiger partial charge in [-0.15, -0.1) is 0 Å². The summed E-state index contributed by atoms with van der Waals surface area (Å²) in [6.45, 7) is 5.66. The topological polar surface area (TPSA) is 53.6 Å². The highest BCUT2D eigenvalue weighted by Crippen LogP contribution is 2.25. The summed E-state index contributed by atoms with van der Waals surface area (Å²) in [5.41, 5.74) is 0.373. The number of nitrogens with one attached hydrogen (secondary N) is 1. The number of benzene rings is 1. The van der Waals surface area contributed by atoms with E-state index in [1.54, 1.807) is 0 Å². The second-order valence-corrected chi connectivity index (χ2v) is 5.05. The molecule has 1 N–H and O–H groups in total. The molecule has 1 unspecified atom stereocenters. The Balaban J connectivity index is 2.23. The third-order valence-electron chi connectivity index (χ3n) is 3.78. The Labute approximate surface area is 126 Å². The Bertz CT molecular complexity index is 597. The molecule has 0 saturated heterocycles. The average Bonchev–Trinajstić information content (AvgIpc) is 3.00. The third kappa shape index (κ3) is 3.32. The summed E-state index contributed by atoms with van der Waals surface area (Å²) in [5, 5.41) is 13.1. The van der Waals surface area contributed by atoms with E-state index in [-0.39, 0.29) is 0 Å². The molecule has 0 saturated carbocycles. The van der Waals surface area contributed by atoms with Crippen molar-refractivity contribution in [3.05, 3.63) is 54.1 Å². The number of rotatable bonds is 7. The molecule has 2 aromatic rings. The molecule has 0 fully saturated rings. The summed E-state index contributed by atoms with van der Waals surface area (Å²) in [6.07, 6.45) is 5.42. The van der Waals surface area contributed by atoms with Crippen LogP contribution in [0.2, 0.25) is 0 Å². The summed E-state index contributed by atoms with van der Waals surface area (Å²) in [7, 11) is 0. The van der Waals surface area contributed by atoms with Crippen LogP contribution in [0.3, 0.4) is 0 Å². The summed E-state index contributed by atoms with van der Waals surface area (Å²) in [5.74, 6) is 1.06. The lowest BCUT2D eigenvalue weighted by Crippen LogP contribution is -2.42. The van der Waals surface area contributed by atoms with Gasteiger partial charge in [-0.25, -0.2) is 4.98 Å². The molecule has 0 aliphatic heterocycles. The molecule has 110 valence electrons. The number of aryl methyl sites for hydroxylation is 2. The lowest BCUT2D eigenvalue weighted by Gasteiger charge is -2.28. The molecule has 1 aromatic carbocycles. The molecule has 1 aromatic heterocycles. The quantitative estimate of drug-likeness (QED) is 0.849. The molecule has 0 bridgehead atoms. The van der Waals surface area contributed by atoms with E-state index in [9.17, 15) is 5.26 Å². The molecule has 2 rings (SSSR count). The van der Waals surface area contributed by atoms with Gasteiger partial charge in [0.25, 0.3) is 0 Å². The van der Waals surface area contributed by atoms with Gasteiger partial charge in [-0.1, -0.05) is 44.2 Å². The Hall–Kier alpha value is -2.12. The van der Waals surface area contributed by atoms with Crippen molar-refractivity contribution in [3.63, 3.8) is 0 Å². The number of nitrogens with zero attached hydrogens (tertiary/aromatic N) is 3. The highest BCUT2D eigenvalue weighted by Gasteiger charge is 2.31. The SMILES string of the molecule is CCNC(C#N)(CCn1ccnc1CC)c1ccccc1. The highest BCUT2D eigenvalue weighted by molar-refractivity contribution is 5.31. The molecular formula is C17H22N4. The molecule has 0 aliphatic rings. The molecule has 4 heteroatoms. The van der Waals surface area contributed by atoms with E-state index < -0.39 is 5.54 Å². The first kappa shape index (κ1) is 15.3. The van der Waals surface area contributed by atoms with Crippen molar-refractivity contribution in [1.82, 2.24) is 14.9 Å². The second-order valence-electron chi connectivity index (χ2n) is 5.05. The number of imidazole rings is 1. The van der Waals surface area contributed by atoms with E-state index in [4.69, 9.17) is 0 Å². The van der Waals surface area contributed by atoms with Crippen LogP contribution in [0, 0.1) is 11.3 Å². The summed E-state index contributed by atoms with van der Waals surface area (Å²) in [4.78, 5) is 4.34. The van der Waals surface area contributed by atoms with Crippen LogP contribution < -0.4 is 5.32 Å².